The molecule has 0 saturated carbocycles. The predicted octanol–water partition coefficient (Wildman–Crippen LogP) is 3.13. The standard InChI is InChI=1S/C12H9IN2O2/c13-8-1-3-9(4-2-8)15-11-5-6-14-7-10(11)12(16)17/h1-7H,(H,14,15)(H,16,17). The summed E-state index contributed by atoms with van der Waals surface area (Å²) in [6, 6.07) is 9.33. The van der Waals surface area contributed by atoms with Crippen LogP contribution in [-0.4, -0.2) is 16.1 Å². The first-order chi connectivity index (χ1) is 8.16. The van der Waals surface area contributed by atoms with Crippen LogP contribution in [0.1, 0.15) is 10.4 Å². The largest absolute Gasteiger partial charge is 0.478 e. The summed E-state index contributed by atoms with van der Waals surface area (Å²) >= 11 is 2.21. The lowest BCUT2D eigenvalue weighted by molar-refractivity contribution is 0.0697. The van der Waals surface area contributed by atoms with Crippen LogP contribution in [-0.2, 0) is 0 Å². The summed E-state index contributed by atoms with van der Waals surface area (Å²) in [6.07, 6.45) is 2.89. The van der Waals surface area contributed by atoms with Crippen molar-refractivity contribution in [2.24, 2.45) is 0 Å². The Morgan fingerprint density at radius 3 is 2.59 bits per heavy atom. The third kappa shape index (κ3) is 2.94. The highest BCUT2D eigenvalue weighted by Crippen LogP contribution is 2.20. The van der Waals surface area contributed by atoms with Crippen LogP contribution in [0.15, 0.2) is 42.7 Å². The lowest BCUT2D eigenvalue weighted by Crippen LogP contribution is -2.03. The van der Waals surface area contributed by atoms with Gasteiger partial charge < -0.3 is 10.4 Å². The number of carbonyl (C=O) groups is 1. The summed E-state index contributed by atoms with van der Waals surface area (Å²) in [5.41, 5.74) is 1.54. The topological polar surface area (TPSA) is 62.2 Å². The number of aromatic carboxylic acids is 1. The maximum Gasteiger partial charge on any atom is 0.339 e. The van der Waals surface area contributed by atoms with Crippen LogP contribution in [0.4, 0.5) is 11.4 Å². The Kier molecular flexibility index (Phi) is 3.58. The number of pyridine rings is 1. The van der Waals surface area contributed by atoms with Gasteiger partial charge >= 0.3 is 5.97 Å². The first kappa shape index (κ1) is 11.8. The summed E-state index contributed by atoms with van der Waals surface area (Å²) in [4.78, 5) is 14.8. The molecule has 1 aromatic carbocycles. The quantitative estimate of drug-likeness (QED) is 0.843. The molecule has 0 fully saturated rings. The van der Waals surface area contributed by atoms with Gasteiger partial charge in [-0.3, -0.25) is 4.98 Å². The van der Waals surface area contributed by atoms with E-state index in [0.29, 0.717) is 5.69 Å². The fourth-order valence-corrected chi connectivity index (χ4v) is 1.72. The highest BCUT2D eigenvalue weighted by molar-refractivity contribution is 14.1. The second-order valence-corrected chi connectivity index (χ2v) is 4.60. The van der Waals surface area contributed by atoms with E-state index in [0.717, 1.165) is 9.26 Å². The minimum absolute atomic E-state index is 0.158. The number of carboxylic acid groups (broad SMARTS) is 1. The van der Waals surface area contributed by atoms with E-state index < -0.39 is 5.97 Å². The maximum absolute atomic E-state index is 11.0. The Morgan fingerprint density at radius 1 is 1.24 bits per heavy atom. The lowest BCUT2D eigenvalue weighted by atomic mass is 10.2. The van der Waals surface area contributed by atoms with Gasteiger partial charge in [0.2, 0.25) is 0 Å². The summed E-state index contributed by atoms with van der Waals surface area (Å²) in [5, 5.41) is 12.1. The second-order valence-electron chi connectivity index (χ2n) is 3.36. The number of aromatic nitrogens is 1. The molecule has 2 rings (SSSR count). The van der Waals surface area contributed by atoms with Crippen LogP contribution in [0.2, 0.25) is 0 Å². The molecule has 0 atom stereocenters. The zero-order valence-electron chi connectivity index (χ0n) is 8.72. The van der Waals surface area contributed by atoms with Gasteiger partial charge in [0.25, 0.3) is 0 Å². The third-order valence-electron chi connectivity index (χ3n) is 2.17. The lowest BCUT2D eigenvalue weighted by Gasteiger charge is -2.08. The van der Waals surface area contributed by atoms with Gasteiger partial charge in [-0.15, -0.1) is 0 Å². The van der Waals surface area contributed by atoms with E-state index in [-0.39, 0.29) is 5.56 Å². The zero-order chi connectivity index (χ0) is 12.3. The van der Waals surface area contributed by atoms with Crippen LogP contribution in [0.5, 0.6) is 0 Å². The number of nitrogens with one attached hydrogen (secondary N) is 1. The number of anilines is 2. The Morgan fingerprint density at radius 2 is 1.94 bits per heavy atom. The molecular weight excluding hydrogens is 331 g/mol. The van der Waals surface area contributed by atoms with E-state index >= 15 is 0 Å². The van der Waals surface area contributed by atoms with Crippen LogP contribution in [0.25, 0.3) is 0 Å². The first-order valence-electron chi connectivity index (χ1n) is 4.87. The molecule has 0 aliphatic rings. The SMILES string of the molecule is O=C(O)c1cnccc1Nc1ccc(I)cc1. The van der Waals surface area contributed by atoms with Crippen molar-refractivity contribution >= 4 is 39.9 Å². The number of rotatable bonds is 3. The van der Waals surface area contributed by atoms with Gasteiger partial charge in [0.05, 0.1) is 5.69 Å². The predicted molar refractivity (Wildman–Crippen MR) is 73.6 cm³/mol. The van der Waals surface area contributed by atoms with Crippen LogP contribution in [0.3, 0.4) is 0 Å². The number of hydrogen-bond acceptors (Lipinski definition) is 3. The Labute approximate surface area is 112 Å². The average molecular weight is 340 g/mol. The summed E-state index contributed by atoms with van der Waals surface area (Å²) in [5.74, 6) is -0.994. The Bertz CT molecular complexity index is 540. The highest BCUT2D eigenvalue weighted by Gasteiger charge is 2.09. The van der Waals surface area contributed by atoms with Gasteiger partial charge in [0, 0.05) is 21.7 Å². The number of carboxylic acids is 1. The minimum atomic E-state index is -0.994. The van der Waals surface area contributed by atoms with Crippen LogP contribution >= 0.6 is 22.6 Å². The molecular formula is C12H9IN2O2. The van der Waals surface area contributed by atoms with Gasteiger partial charge in [0.1, 0.15) is 5.56 Å². The van der Waals surface area contributed by atoms with Crippen LogP contribution < -0.4 is 5.32 Å². The van der Waals surface area contributed by atoms with Crippen molar-refractivity contribution in [3.05, 3.63) is 51.9 Å². The van der Waals surface area contributed by atoms with Crippen molar-refractivity contribution in [2.75, 3.05) is 5.32 Å². The van der Waals surface area contributed by atoms with E-state index in [9.17, 15) is 4.79 Å². The number of nitrogens with zero attached hydrogens (tertiary/aromatic N) is 1. The van der Waals surface area contributed by atoms with E-state index in [1.165, 1.54) is 6.20 Å². The second kappa shape index (κ2) is 5.13. The minimum Gasteiger partial charge on any atom is -0.478 e. The molecule has 2 N–H and O–H groups in total. The van der Waals surface area contributed by atoms with Crippen molar-refractivity contribution in [2.45, 2.75) is 0 Å². The highest BCUT2D eigenvalue weighted by atomic mass is 127. The molecule has 0 unspecified atom stereocenters. The summed E-state index contributed by atoms with van der Waals surface area (Å²) < 4.78 is 1.13. The molecule has 4 nitrogen and oxygen atoms in total. The van der Waals surface area contributed by atoms with Crippen molar-refractivity contribution in [1.29, 1.82) is 0 Å². The smallest absolute Gasteiger partial charge is 0.339 e. The molecule has 86 valence electrons. The molecule has 1 aromatic heterocycles. The molecule has 0 bridgehead atoms. The van der Waals surface area contributed by atoms with Gasteiger partial charge in [-0.1, -0.05) is 0 Å². The van der Waals surface area contributed by atoms with Gasteiger partial charge in [0.15, 0.2) is 0 Å². The number of halogens is 1. The molecule has 0 amide bonds. The molecule has 17 heavy (non-hydrogen) atoms. The Balaban J connectivity index is 2.30. The fraction of sp³-hybridized carbons (Fsp3) is 0. The molecule has 0 saturated heterocycles. The normalized spacial score (nSPS) is 9.94. The maximum atomic E-state index is 11.0. The first-order valence-corrected chi connectivity index (χ1v) is 5.94. The number of hydrogen-bond donors (Lipinski definition) is 2. The fourth-order valence-electron chi connectivity index (χ4n) is 1.36. The van der Waals surface area contributed by atoms with Crippen molar-refractivity contribution in [3.63, 3.8) is 0 Å². The molecule has 0 radical (unpaired) electrons. The van der Waals surface area contributed by atoms with Crippen LogP contribution in [0, 0.1) is 3.57 Å². The number of benzene rings is 1. The van der Waals surface area contributed by atoms with Gasteiger partial charge in [-0.2, -0.15) is 0 Å². The third-order valence-corrected chi connectivity index (χ3v) is 2.89. The summed E-state index contributed by atoms with van der Waals surface area (Å²) in [7, 11) is 0. The zero-order valence-corrected chi connectivity index (χ0v) is 10.9. The van der Waals surface area contributed by atoms with Crippen molar-refractivity contribution in [1.82, 2.24) is 4.98 Å². The van der Waals surface area contributed by atoms with Gasteiger partial charge in [-0.05, 0) is 52.9 Å². The van der Waals surface area contributed by atoms with Gasteiger partial charge in [-0.25, -0.2) is 4.79 Å². The molecule has 0 aliphatic carbocycles. The summed E-state index contributed by atoms with van der Waals surface area (Å²) in [6.45, 7) is 0. The van der Waals surface area contributed by atoms with E-state index in [4.69, 9.17) is 5.11 Å². The monoisotopic (exact) mass is 340 g/mol. The molecule has 0 spiro atoms. The Hall–Kier alpha value is -1.63. The van der Waals surface area contributed by atoms with E-state index in [1.807, 2.05) is 24.3 Å². The molecule has 1 heterocycles. The molecule has 0 aliphatic heterocycles. The van der Waals surface area contributed by atoms with Crippen molar-refractivity contribution < 1.29 is 9.90 Å². The molecule has 2 aromatic rings. The van der Waals surface area contributed by atoms with Crippen molar-refractivity contribution in [3.8, 4) is 0 Å². The van der Waals surface area contributed by atoms with E-state index in [1.54, 1.807) is 12.3 Å². The molecule has 5 heteroatoms. The average Bonchev–Trinajstić information content (AvgIpc) is 2.32. The van der Waals surface area contributed by atoms with E-state index in [2.05, 4.69) is 32.9 Å².